The highest BCUT2D eigenvalue weighted by molar-refractivity contribution is 5.76. The van der Waals surface area contributed by atoms with Crippen LogP contribution < -0.4 is 4.90 Å². The molecule has 30 heavy (non-hydrogen) atoms. The fraction of sp³-hybridized carbons (Fsp3) is 0.750. The van der Waals surface area contributed by atoms with Crippen molar-refractivity contribution in [1.82, 2.24) is 9.88 Å². The summed E-state index contributed by atoms with van der Waals surface area (Å²) in [5, 5.41) is 0. The van der Waals surface area contributed by atoms with E-state index in [4.69, 9.17) is 9.47 Å². The predicted molar refractivity (Wildman–Crippen MR) is 113 cm³/mol. The lowest BCUT2D eigenvalue weighted by molar-refractivity contribution is -0.146. The van der Waals surface area contributed by atoms with Gasteiger partial charge >= 0.3 is 5.97 Å². The van der Waals surface area contributed by atoms with E-state index in [1.54, 1.807) is 0 Å². The fourth-order valence-electron chi connectivity index (χ4n) is 7.35. The summed E-state index contributed by atoms with van der Waals surface area (Å²) in [5.74, 6) is 1.37. The van der Waals surface area contributed by atoms with Gasteiger partial charge in [0.25, 0.3) is 0 Å². The van der Waals surface area contributed by atoms with E-state index in [1.165, 1.54) is 12.8 Å². The van der Waals surface area contributed by atoms with Gasteiger partial charge in [0.15, 0.2) is 0 Å². The number of epoxide rings is 1. The van der Waals surface area contributed by atoms with Gasteiger partial charge in [-0.2, -0.15) is 0 Å². The van der Waals surface area contributed by atoms with Crippen LogP contribution in [0, 0.1) is 17.3 Å². The van der Waals surface area contributed by atoms with E-state index in [0.717, 1.165) is 57.8 Å². The number of hydrogen-bond acceptors (Lipinski definition) is 6. The standard InChI is InChI=1S/C24H33N3O3/c1-22-7-5-8-23(2)24(22,30-23)14-17-18(21(28)29-19(17)15-22)16-26-10-12-27(13-11-26)20-6-3-4-9-25-20/h3-4,6,9,17-19H,5,7-8,10-16H2,1-2H3/t17-,18+,19-,22-,23-,24+/m1/s1. The molecule has 0 radical (unpaired) electrons. The molecule has 0 unspecified atom stereocenters. The van der Waals surface area contributed by atoms with Crippen LogP contribution in [0.25, 0.3) is 0 Å². The molecule has 162 valence electrons. The molecule has 3 aliphatic heterocycles. The molecular weight excluding hydrogens is 378 g/mol. The summed E-state index contributed by atoms with van der Waals surface area (Å²) in [6.45, 7) is 9.34. The molecule has 0 bridgehead atoms. The summed E-state index contributed by atoms with van der Waals surface area (Å²) < 4.78 is 12.5. The van der Waals surface area contributed by atoms with Crippen LogP contribution in [0.1, 0.15) is 46.0 Å². The lowest BCUT2D eigenvalue weighted by Gasteiger charge is -2.48. The molecule has 5 fully saturated rings. The van der Waals surface area contributed by atoms with Crippen LogP contribution in [0.5, 0.6) is 0 Å². The minimum atomic E-state index is -0.0245. The number of anilines is 1. The zero-order valence-corrected chi connectivity index (χ0v) is 18.2. The number of carbonyl (C=O) groups is 1. The van der Waals surface area contributed by atoms with Gasteiger partial charge in [-0.1, -0.05) is 13.0 Å². The summed E-state index contributed by atoms with van der Waals surface area (Å²) in [6.07, 6.45) is 7.49. The quantitative estimate of drug-likeness (QED) is 0.563. The van der Waals surface area contributed by atoms with Gasteiger partial charge in [-0.15, -0.1) is 0 Å². The second-order valence-electron chi connectivity index (χ2n) is 10.7. The zero-order chi connectivity index (χ0) is 20.6. The van der Waals surface area contributed by atoms with Crippen molar-refractivity contribution >= 4 is 11.8 Å². The lowest BCUT2D eigenvalue weighted by Crippen LogP contribution is -2.54. The Morgan fingerprint density at radius 1 is 1.13 bits per heavy atom. The molecule has 1 spiro atoms. The summed E-state index contributed by atoms with van der Waals surface area (Å²) >= 11 is 0. The lowest BCUT2D eigenvalue weighted by atomic mass is 9.53. The molecule has 1 aromatic heterocycles. The normalized spacial score (nSPS) is 45.3. The molecule has 3 saturated heterocycles. The van der Waals surface area contributed by atoms with E-state index < -0.39 is 0 Å². The topological polar surface area (TPSA) is 58.2 Å². The van der Waals surface area contributed by atoms with Crippen molar-refractivity contribution in [3.63, 3.8) is 0 Å². The molecule has 0 N–H and O–H groups in total. The molecule has 1 aromatic rings. The molecular formula is C24H33N3O3. The second-order valence-corrected chi connectivity index (χ2v) is 10.7. The number of esters is 1. The number of hydrogen-bond donors (Lipinski definition) is 0. The monoisotopic (exact) mass is 411 g/mol. The Bertz CT molecular complexity index is 841. The first-order valence-corrected chi connectivity index (χ1v) is 11.7. The van der Waals surface area contributed by atoms with Crippen molar-refractivity contribution in [3.8, 4) is 0 Å². The number of ether oxygens (including phenoxy) is 2. The Morgan fingerprint density at radius 2 is 1.97 bits per heavy atom. The number of nitrogens with zero attached hydrogens (tertiary/aromatic N) is 3. The Labute approximate surface area is 178 Å². The van der Waals surface area contributed by atoms with Crippen molar-refractivity contribution in [2.45, 2.75) is 63.3 Å². The molecule has 6 rings (SSSR count). The van der Waals surface area contributed by atoms with Crippen LogP contribution in [-0.4, -0.2) is 65.9 Å². The van der Waals surface area contributed by atoms with Crippen LogP contribution in [0.15, 0.2) is 24.4 Å². The SMILES string of the molecule is C[C@]12CCC[C@@]3(C)O[C@@]13C[C@@H]1[C@H](CN3CCN(c4ccccn4)CC3)C(=O)O[C@@H]1C2. The summed E-state index contributed by atoms with van der Waals surface area (Å²) in [7, 11) is 0. The number of piperazine rings is 1. The first kappa shape index (κ1) is 19.1. The summed E-state index contributed by atoms with van der Waals surface area (Å²) in [4.78, 5) is 22.2. The van der Waals surface area contributed by atoms with Crippen molar-refractivity contribution in [3.05, 3.63) is 24.4 Å². The van der Waals surface area contributed by atoms with Gasteiger partial charge in [-0.3, -0.25) is 9.69 Å². The van der Waals surface area contributed by atoms with Gasteiger partial charge in [0.05, 0.1) is 11.5 Å². The van der Waals surface area contributed by atoms with Crippen LogP contribution in [-0.2, 0) is 14.3 Å². The number of carbonyl (C=O) groups excluding carboxylic acids is 1. The van der Waals surface area contributed by atoms with E-state index in [-0.39, 0.29) is 34.6 Å². The molecule has 2 saturated carbocycles. The minimum absolute atomic E-state index is 0.00861. The van der Waals surface area contributed by atoms with E-state index in [2.05, 4.69) is 34.7 Å². The highest BCUT2D eigenvalue weighted by Gasteiger charge is 2.79. The minimum Gasteiger partial charge on any atom is -0.462 e. The van der Waals surface area contributed by atoms with Crippen LogP contribution in [0.4, 0.5) is 5.82 Å². The first-order valence-electron chi connectivity index (χ1n) is 11.7. The smallest absolute Gasteiger partial charge is 0.310 e. The maximum absolute atomic E-state index is 12.9. The van der Waals surface area contributed by atoms with Gasteiger partial charge in [-0.25, -0.2) is 4.98 Å². The third-order valence-electron chi connectivity index (χ3n) is 9.11. The number of fused-ring (bicyclic) bond motifs is 1. The molecule has 4 heterocycles. The number of rotatable bonds is 3. The first-order chi connectivity index (χ1) is 14.4. The van der Waals surface area contributed by atoms with Gasteiger partial charge in [-0.05, 0) is 51.2 Å². The highest BCUT2D eigenvalue weighted by atomic mass is 16.6. The Morgan fingerprint density at radius 3 is 2.73 bits per heavy atom. The third kappa shape index (κ3) is 2.62. The second kappa shape index (κ2) is 6.42. The Kier molecular flexibility index (Phi) is 4.08. The van der Waals surface area contributed by atoms with Crippen LogP contribution in [0.3, 0.4) is 0 Å². The van der Waals surface area contributed by atoms with E-state index in [9.17, 15) is 4.79 Å². The van der Waals surface area contributed by atoms with Gasteiger partial charge in [0, 0.05) is 50.3 Å². The maximum atomic E-state index is 12.9. The van der Waals surface area contributed by atoms with Crippen LogP contribution >= 0.6 is 0 Å². The van der Waals surface area contributed by atoms with Crippen LogP contribution in [0.2, 0.25) is 0 Å². The average Bonchev–Trinajstić information content (AvgIpc) is 3.27. The molecule has 2 aliphatic carbocycles. The highest BCUT2D eigenvalue weighted by Crippen LogP contribution is 2.72. The van der Waals surface area contributed by atoms with Crippen molar-refractivity contribution in [2.75, 3.05) is 37.6 Å². The average molecular weight is 412 g/mol. The Hall–Kier alpha value is -1.66. The fourth-order valence-corrected chi connectivity index (χ4v) is 7.35. The van der Waals surface area contributed by atoms with Gasteiger partial charge in [0.1, 0.15) is 17.5 Å². The number of pyridine rings is 1. The summed E-state index contributed by atoms with van der Waals surface area (Å²) in [5.41, 5.74) is 0.156. The van der Waals surface area contributed by atoms with Crippen molar-refractivity contribution in [1.29, 1.82) is 0 Å². The Balaban J connectivity index is 1.14. The van der Waals surface area contributed by atoms with Crippen molar-refractivity contribution < 1.29 is 14.3 Å². The van der Waals surface area contributed by atoms with E-state index >= 15 is 0 Å². The van der Waals surface area contributed by atoms with E-state index in [1.807, 2.05) is 18.3 Å². The predicted octanol–water partition coefficient (Wildman–Crippen LogP) is 2.87. The molecule has 0 aromatic carbocycles. The molecule has 5 aliphatic rings. The zero-order valence-electron chi connectivity index (χ0n) is 18.2. The summed E-state index contributed by atoms with van der Waals surface area (Å²) in [6, 6.07) is 6.07. The maximum Gasteiger partial charge on any atom is 0.310 e. The van der Waals surface area contributed by atoms with E-state index in [0.29, 0.717) is 5.92 Å². The molecule has 0 amide bonds. The molecule has 6 nitrogen and oxygen atoms in total. The number of aromatic nitrogens is 1. The van der Waals surface area contributed by atoms with Gasteiger partial charge < -0.3 is 14.4 Å². The largest absolute Gasteiger partial charge is 0.462 e. The molecule has 6 heteroatoms. The van der Waals surface area contributed by atoms with Crippen molar-refractivity contribution in [2.24, 2.45) is 17.3 Å². The third-order valence-corrected chi connectivity index (χ3v) is 9.11. The molecule has 6 atom stereocenters. The van der Waals surface area contributed by atoms with Gasteiger partial charge in [0.2, 0.25) is 0 Å².